The Morgan fingerprint density at radius 3 is 2.77 bits per heavy atom. The third-order valence-corrected chi connectivity index (χ3v) is 5.01. The lowest BCUT2D eigenvalue weighted by Gasteiger charge is -2.30. The van der Waals surface area contributed by atoms with Gasteiger partial charge in [0.15, 0.2) is 5.96 Å². The number of aliphatic hydroxyl groups is 1. The Kier molecular flexibility index (Phi) is 8.45. The summed E-state index contributed by atoms with van der Waals surface area (Å²) < 4.78 is 5.30. The van der Waals surface area contributed by atoms with Crippen molar-refractivity contribution in [1.29, 1.82) is 0 Å². The first-order valence-corrected chi connectivity index (χ1v) is 10.0. The maximum atomic E-state index is 10.5. The Morgan fingerprint density at radius 1 is 1.35 bits per heavy atom. The van der Waals surface area contributed by atoms with Gasteiger partial charge in [-0.3, -0.25) is 0 Å². The summed E-state index contributed by atoms with van der Waals surface area (Å²) in [6, 6.07) is 3.55. The highest BCUT2D eigenvalue weighted by Gasteiger charge is 2.26. The number of rotatable bonds is 9. The largest absolute Gasteiger partial charge is 0.466 e. The summed E-state index contributed by atoms with van der Waals surface area (Å²) >= 11 is 0. The molecule has 3 N–H and O–H groups in total. The topological polar surface area (TPSA) is 73.0 Å². The van der Waals surface area contributed by atoms with Crippen LogP contribution in [0.3, 0.4) is 0 Å². The Labute approximate surface area is 158 Å². The maximum absolute atomic E-state index is 10.5. The van der Waals surface area contributed by atoms with Gasteiger partial charge in [-0.15, -0.1) is 0 Å². The molecule has 1 atom stereocenters. The summed E-state index contributed by atoms with van der Waals surface area (Å²) in [6.45, 7) is 11.7. The van der Waals surface area contributed by atoms with E-state index in [-0.39, 0.29) is 6.54 Å². The van der Waals surface area contributed by atoms with Crippen LogP contribution in [0, 0.1) is 5.92 Å². The number of nitrogens with one attached hydrogen (secondary N) is 2. The minimum Gasteiger partial charge on any atom is -0.466 e. The van der Waals surface area contributed by atoms with Crippen LogP contribution in [0.4, 0.5) is 0 Å². The second kappa shape index (κ2) is 10.6. The normalized spacial score (nSPS) is 19.3. The van der Waals surface area contributed by atoms with Gasteiger partial charge in [0.25, 0.3) is 0 Å². The molecule has 1 aliphatic heterocycles. The fourth-order valence-corrected chi connectivity index (χ4v) is 3.19. The molecule has 0 amide bonds. The Morgan fingerprint density at radius 2 is 2.12 bits per heavy atom. The molecular weight excluding hydrogens is 328 g/mol. The molecule has 6 heteroatoms. The van der Waals surface area contributed by atoms with Crippen molar-refractivity contribution in [2.45, 2.75) is 52.1 Å². The Hall–Kier alpha value is -1.53. The van der Waals surface area contributed by atoms with Crippen molar-refractivity contribution in [3.8, 4) is 0 Å². The van der Waals surface area contributed by atoms with Gasteiger partial charge in [0.05, 0.1) is 12.8 Å². The van der Waals surface area contributed by atoms with E-state index in [1.165, 1.54) is 38.9 Å². The highest BCUT2D eigenvalue weighted by Crippen LogP contribution is 2.21. The summed E-state index contributed by atoms with van der Waals surface area (Å²) in [4.78, 5) is 7.09. The van der Waals surface area contributed by atoms with Crippen LogP contribution >= 0.6 is 0 Å². The summed E-state index contributed by atoms with van der Waals surface area (Å²) in [5.74, 6) is 2.17. The quantitative estimate of drug-likeness (QED) is 0.357. The molecule has 0 saturated carbocycles. The van der Waals surface area contributed by atoms with Gasteiger partial charge in [-0.25, -0.2) is 4.99 Å². The van der Waals surface area contributed by atoms with Gasteiger partial charge in [0.2, 0.25) is 0 Å². The van der Waals surface area contributed by atoms with Crippen LogP contribution in [0.5, 0.6) is 0 Å². The van der Waals surface area contributed by atoms with Crippen molar-refractivity contribution in [1.82, 2.24) is 15.5 Å². The van der Waals surface area contributed by atoms with Gasteiger partial charge in [0, 0.05) is 13.1 Å². The SMILES string of the molecule is CCNC(=NCC(C)(O)c1ccco1)NCCCCN1CCC(C)CC1. The van der Waals surface area contributed by atoms with E-state index in [0.717, 1.165) is 31.4 Å². The second-order valence-corrected chi connectivity index (χ2v) is 7.60. The molecule has 0 spiro atoms. The first-order chi connectivity index (χ1) is 12.5. The zero-order valence-corrected chi connectivity index (χ0v) is 16.6. The fourth-order valence-electron chi connectivity index (χ4n) is 3.19. The zero-order chi connectivity index (χ0) is 18.8. The highest BCUT2D eigenvalue weighted by molar-refractivity contribution is 5.79. The molecule has 1 unspecified atom stereocenters. The molecule has 26 heavy (non-hydrogen) atoms. The van der Waals surface area contributed by atoms with Crippen LogP contribution in [0.2, 0.25) is 0 Å². The zero-order valence-electron chi connectivity index (χ0n) is 16.6. The summed E-state index contributed by atoms with van der Waals surface area (Å²) in [5.41, 5.74) is -1.10. The predicted octanol–water partition coefficient (Wildman–Crippen LogP) is 2.55. The lowest BCUT2D eigenvalue weighted by atomic mass is 9.99. The van der Waals surface area contributed by atoms with E-state index in [1.807, 2.05) is 6.92 Å². The molecule has 0 aromatic carbocycles. The van der Waals surface area contributed by atoms with E-state index >= 15 is 0 Å². The summed E-state index contributed by atoms with van der Waals surface area (Å²) in [7, 11) is 0. The number of guanidine groups is 1. The average Bonchev–Trinajstić information content (AvgIpc) is 3.16. The lowest BCUT2D eigenvalue weighted by molar-refractivity contribution is 0.0437. The molecule has 1 aliphatic rings. The van der Waals surface area contributed by atoms with Crippen LogP contribution < -0.4 is 10.6 Å². The molecule has 2 heterocycles. The van der Waals surface area contributed by atoms with Crippen LogP contribution in [0.1, 0.15) is 52.2 Å². The van der Waals surface area contributed by atoms with Crippen molar-refractivity contribution in [3.05, 3.63) is 24.2 Å². The number of nitrogens with zero attached hydrogens (tertiary/aromatic N) is 2. The lowest BCUT2D eigenvalue weighted by Crippen LogP contribution is -2.39. The van der Waals surface area contributed by atoms with Gasteiger partial charge in [-0.2, -0.15) is 0 Å². The monoisotopic (exact) mass is 364 g/mol. The standard InChI is InChI=1S/C20H36N4O2/c1-4-21-19(23-16-20(3,25)18-8-7-15-26-18)22-11-5-6-12-24-13-9-17(2)10-14-24/h7-8,15,17,25H,4-6,9-14,16H2,1-3H3,(H2,21,22,23). The molecule has 1 aromatic rings. The Bertz CT molecular complexity index is 520. The predicted molar refractivity (Wildman–Crippen MR) is 106 cm³/mol. The van der Waals surface area contributed by atoms with Gasteiger partial charge < -0.3 is 25.1 Å². The number of hydrogen-bond donors (Lipinski definition) is 3. The van der Waals surface area contributed by atoms with Gasteiger partial charge in [-0.1, -0.05) is 6.92 Å². The van der Waals surface area contributed by atoms with E-state index in [9.17, 15) is 5.11 Å². The molecule has 0 radical (unpaired) electrons. The molecule has 1 fully saturated rings. The smallest absolute Gasteiger partial charge is 0.191 e. The molecule has 1 saturated heterocycles. The van der Waals surface area contributed by atoms with E-state index in [1.54, 1.807) is 25.3 Å². The number of unbranched alkanes of at least 4 members (excludes halogenated alkanes) is 1. The Balaban J connectivity index is 1.68. The molecule has 148 valence electrons. The van der Waals surface area contributed by atoms with Crippen LogP contribution in [0.25, 0.3) is 0 Å². The maximum Gasteiger partial charge on any atom is 0.191 e. The number of piperidine rings is 1. The minimum absolute atomic E-state index is 0.252. The molecule has 6 nitrogen and oxygen atoms in total. The third kappa shape index (κ3) is 7.00. The van der Waals surface area contributed by atoms with Crippen molar-refractivity contribution < 1.29 is 9.52 Å². The van der Waals surface area contributed by atoms with E-state index in [0.29, 0.717) is 5.76 Å². The average molecular weight is 365 g/mol. The number of furan rings is 1. The van der Waals surface area contributed by atoms with E-state index in [2.05, 4.69) is 27.4 Å². The minimum atomic E-state index is -1.10. The van der Waals surface area contributed by atoms with Crippen molar-refractivity contribution in [2.75, 3.05) is 39.3 Å². The van der Waals surface area contributed by atoms with Crippen LogP contribution in [-0.2, 0) is 5.60 Å². The molecule has 2 rings (SSSR count). The van der Waals surface area contributed by atoms with E-state index < -0.39 is 5.60 Å². The van der Waals surface area contributed by atoms with Gasteiger partial charge in [0.1, 0.15) is 11.4 Å². The van der Waals surface area contributed by atoms with Crippen molar-refractivity contribution >= 4 is 5.96 Å². The van der Waals surface area contributed by atoms with Crippen molar-refractivity contribution in [3.63, 3.8) is 0 Å². The fraction of sp³-hybridized carbons (Fsp3) is 0.750. The first-order valence-electron chi connectivity index (χ1n) is 10.0. The first kappa shape index (κ1) is 20.8. The highest BCUT2D eigenvalue weighted by atomic mass is 16.4. The molecule has 0 aliphatic carbocycles. The van der Waals surface area contributed by atoms with E-state index in [4.69, 9.17) is 4.42 Å². The number of aliphatic imine (C=N–C) groups is 1. The molecular formula is C20H36N4O2. The molecule has 1 aromatic heterocycles. The van der Waals surface area contributed by atoms with Crippen LogP contribution in [0.15, 0.2) is 27.8 Å². The van der Waals surface area contributed by atoms with Crippen molar-refractivity contribution in [2.24, 2.45) is 10.9 Å². The summed E-state index contributed by atoms with van der Waals surface area (Å²) in [6.07, 6.45) is 6.56. The summed E-state index contributed by atoms with van der Waals surface area (Å²) in [5, 5.41) is 17.1. The molecule has 0 bridgehead atoms. The van der Waals surface area contributed by atoms with Gasteiger partial charge in [-0.05, 0) is 77.2 Å². The number of likely N-dealkylation sites (tertiary alicyclic amines) is 1. The third-order valence-electron chi connectivity index (χ3n) is 5.01. The number of hydrogen-bond acceptors (Lipinski definition) is 4. The second-order valence-electron chi connectivity index (χ2n) is 7.60. The van der Waals surface area contributed by atoms with Gasteiger partial charge >= 0.3 is 0 Å². The van der Waals surface area contributed by atoms with Crippen LogP contribution in [-0.4, -0.2) is 55.2 Å².